The Bertz CT molecular complexity index is 1520. The molecule has 0 amide bonds. The number of rotatable bonds is 0. The van der Waals surface area contributed by atoms with Crippen LogP contribution in [0.15, 0.2) is 97.2 Å². The fourth-order valence-electron chi connectivity index (χ4n) is 4.25. The van der Waals surface area contributed by atoms with Crippen LogP contribution >= 0.6 is 0 Å². The van der Waals surface area contributed by atoms with Crippen molar-refractivity contribution in [3.05, 3.63) is 97.2 Å². The second-order valence-corrected chi connectivity index (χ2v) is 6.89. The van der Waals surface area contributed by atoms with Gasteiger partial charge in [-0.25, -0.2) is 4.98 Å². The molecule has 6 rings (SSSR count). The summed E-state index contributed by atoms with van der Waals surface area (Å²) in [6.45, 7) is 0. The molecule has 0 unspecified atom stereocenters. The highest BCUT2D eigenvalue weighted by Gasteiger charge is 2.12. The van der Waals surface area contributed by atoms with E-state index < -0.39 is 0 Å². The number of hydrogen-bond donors (Lipinski definition) is 0. The van der Waals surface area contributed by atoms with Gasteiger partial charge >= 0.3 is 0 Å². The molecule has 27 heavy (non-hydrogen) atoms. The molecule has 0 aliphatic rings. The van der Waals surface area contributed by atoms with E-state index in [-0.39, 0.29) is 0 Å². The number of hydrogen-bond acceptors (Lipinski definition) is 1. The van der Waals surface area contributed by atoms with E-state index in [0.29, 0.717) is 0 Å². The van der Waals surface area contributed by atoms with Crippen LogP contribution in [0.25, 0.3) is 49.0 Å². The molecule has 0 aliphatic carbocycles. The lowest BCUT2D eigenvalue weighted by Gasteiger charge is -2.02. The molecule has 3 aromatic heterocycles. The van der Waals surface area contributed by atoms with Crippen molar-refractivity contribution in [2.75, 3.05) is 0 Å². The van der Waals surface area contributed by atoms with Crippen LogP contribution in [0.3, 0.4) is 0 Å². The Balaban J connectivity index is 2.13. The van der Waals surface area contributed by atoms with Crippen LogP contribution < -0.4 is 0 Å². The Morgan fingerprint density at radius 2 is 1.19 bits per heavy atom. The minimum absolute atomic E-state index is 0.972. The van der Waals surface area contributed by atoms with Crippen molar-refractivity contribution in [2.24, 2.45) is 0 Å². The first-order valence-electron chi connectivity index (χ1n) is 9.17. The average molecular weight is 344 g/mol. The molecule has 3 heterocycles. The predicted molar refractivity (Wildman–Crippen MR) is 114 cm³/mol. The first-order valence-corrected chi connectivity index (χ1v) is 9.17. The summed E-state index contributed by atoms with van der Waals surface area (Å²) in [5.74, 6) is 0. The van der Waals surface area contributed by atoms with Crippen LogP contribution in [-0.2, 0) is 0 Å². The molecule has 0 saturated carbocycles. The van der Waals surface area contributed by atoms with Gasteiger partial charge < -0.3 is 0 Å². The normalized spacial score (nSPS) is 11.7. The number of benzene rings is 3. The lowest BCUT2D eigenvalue weighted by Crippen LogP contribution is -1.88. The zero-order valence-electron chi connectivity index (χ0n) is 14.6. The second-order valence-electron chi connectivity index (χ2n) is 6.89. The van der Waals surface area contributed by atoms with Crippen molar-refractivity contribution >= 4 is 49.0 Å². The lowest BCUT2D eigenvalue weighted by atomic mass is 10.1. The zero-order chi connectivity index (χ0) is 17.8. The van der Waals surface area contributed by atoms with Gasteiger partial charge in [-0.1, -0.05) is 72.8 Å². The van der Waals surface area contributed by atoms with E-state index in [0.717, 1.165) is 11.0 Å². The molecule has 3 aromatic carbocycles. The second kappa shape index (κ2) is 5.42. The van der Waals surface area contributed by atoms with Gasteiger partial charge in [0, 0.05) is 27.7 Å². The van der Waals surface area contributed by atoms with E-state index >= 15 is 0 Å². The Morgan fingerprint density at radius 3 is 2.11 bits per heavy atom. The fourth-order valence-corrected chi connectivity index (χ4v) is 4.25. The van der Waals surface area contributed by atoms with Crippen molar-refractivity contribution in [1.29, 1.82) is 0 Å². The smallest absolute Gasteiger partial charge is 0.144 e. The van der Waals surface area contributed by atoms with Gasteiger partial charge in [0.25, 0.3) is 0 Å². The molecule has 0 aliphatic heterocycles. The van der Waals surface area contributed by atoms with Crippen molar-refractivity contribution in [2.45, 2.75) is 0 Å². The maximum absolute atomic E-state index is 4.78. The van der Waals surface area contributed by atoms with Crippen LogP contribution in [0.2, 0.25) is 0 Å². The summed E-state index contributed by atoms with van der Waals surface area (Å²) >= 11 is 0. The Kier molecular flexibility index (Phi) is 2.91. The number of fused-ring (bicyclic) bond motifs is 7. The molecule has 0 N–H and O–H groups in total. The molecule has 0 saturated heterocycles. The third-order valence-electron chi connectivity index (χ3n) is 5.42. The molecule has 0 bridgehead atoms. The van der Waals surface area contributed by atoms with E-state index in [1.165, 1.54) is 38.0 Å². The molecule has 0 atom stereocenters. The zero-order valence-corrected chi connectivity index (χ0v) is 14.6. The van der Waals surface area contributed by atoms with Crippen molar-refractivity contribution in [1.82, 2.24) is 9.38 Å². The largest absolute Gasteiger partial charge is 0.293 e. The van der Waals surface area contributed by atoms with Crippen molar-refractivity contribution in [3.8, 4) is 0 Å². The summed E-state index contributed by atoms with van der Waals surface area (Å²) in [7, 11) is 0. The Morgan fingerprint density at radius 1 is 0.519 bits per heavy atom. The minimum atomic E-state index is 0.972. The molecule has 0 radical (unpaired) electrons. The SMILES string of the molecule is c1ccc2c(c1)ccc1cccnc1n1c3ccccc3c3cccc2c31. The average Bonchev–Trinajstić information content (AvgIpc) is 3.09. The molecule has 0 spiro atoms. The Labute approximate surface area is 156 Å². The summed E-state index contributed by atoms with van der Waals surface area (Å²) in [5.41, 5.74) is 3.38. The van der Waals surface area contributed by atoms with E-state index in [4.69, 9.17) is 4.98 Å². The van der Waals surface area contributed by atoms with Crippen molar-refractivity contribution in [3.63, 3.8) is 0 Å². The highest BCUT2D eigenvalue weighted by molar-refractivity contribution is 6.19. The van der Waals surface area contributed by atoms with Gasteiger partial charge in [0.15, 0.2) is 0 Å². The van der Waals surface area contributed by atoms with Gasteiger partial charge in [-0.15, -0.1) is 0 Å². The molecule has 126 valence electrons. The monoisotopic (exact) mass is 344 g/mol. The van der Waals surface area contributed by atoms with Gasteiger partial charge in [-0.2, -0.15) is 0 Å². The Hall–Kier alpha value is -3.65. The standard InChI is InChI=1S/C25H16N2/c1-2-9-19-17(7-1)14-15-18-8-6-16-26-25(18)27-23-13-4-3-10-20(23)22-12-5-11-21(19)24(22)27/h1-16H. The quantitative estimate of drug-likeness (QED) is 0.307. The molecular weight excluding hydrogens is 328 g/mol. The van der Waals surface area contributed by atoms with Crippen molar-refractivity contribution < 1.29 is 0 Å². The van der Waals surface area contributed by atoms with E-state index in [2.05, 4.69) is 89.3 Å². The number of aromatic nitrogens is 2. The summed E-state index contributed by atoms with van der Waals surface area (Å²) in [5, 5.41) is 7.34. The van der Waals surface area contributed by atoms with Gasteiger partial charge in [-0.05, 0) is 29.0 Å². The highest BCUT2D eigenvalue weighted by atomic mass is 15.0. The van der Waals surface area contributed by atoms with Gasteiger partial charge in [-0.3, -0.25) is 4.40 Å². The highest BCUT2D eigenvalue weighted by Crippen LogP contribution is 2.34. The van der Waals surface area contributed by atoms with Gasteiger partial charge in [0.1, 0.15) is 5.65 Å². The van der Waals surface area contributed by atoms with Crippen LogP contribution in [-0.4, -0.2) is 9.38 Å². The summed E-state index contributed by atoms with van der Waals surface area (Å²) in [4.78, 5) is 4.78. The number of nitrogens with zero attached hydrogens (tertiary/aromatic N) is 2. The number of pyridine rings is 1. The molecule has 6 aromatic rings. The van der Waals surface area contributed by atoms with Crippen LogP contribution in [0, 0.1) is 0 Å². The maximum atomic E-state index is 4.78. The lowest BCUT2D eigenvalue weighted by molar-refractivity contribution is 1.25. The maximum Gasteiger partial charge on any atom is 0.144 e. The summed E-state index contributed by atoms with van der Waals surface area (Å²) in [6.07, 6.45) is 1.88. The van der Waals surface area contributed by atoms with Crippen LogP contribution in [0.1, 0.15) is 0 Å². The van der Waals surface area contributed by atoms with Crippen LogP contribution in [0.4, 0.5) is 0 Å². The first-order chi connectivity index (χ1) is 13.4. The third-order valence-corrected chi connectivity index (χ3v) is 5.42. The first kappa shape index (κ1) is 14.5. The molecule has 2 heteroatoms. The van der Waals surface area contributed by atoms with Crippen LogP contribution in [0.5, 0.6) is 0 Å². The van der Waals surface area contributed by atoms with E-state index in [1.807, 2.05) is 12.3 Å². The van der Waals surface area contributed by atoms with Gasteiger partial charge in [0.2, 0.25) is 0 Å². The van der Waals surface area contributed by atoms with Gasteiger partial charge in [0.05, 0.1) is 11.0 Å². The topological polar surface area (TPSA) is 17.3 Å². The third kappa shape index (κ3) is 1.98. The number of para-hydroxylation sites is 2. The minimum Gasteiger partial charge on any atom is -0.293 e. The van der Waals surface area contributed by atoms with E-state index in [1.54, 1.807) is 0 Å². The van der Waals surface area contributed by atoms with E-state index in [9.17, 15) is 0 Å². The summed E-state index contributed by atoms with van der Waals surface area (Å²) < 4.78 is 2.32. The summed E-state index contributed by atoms with van der Waals surface area (Å²) in [6, 6.07) is 32.3. The predicted octanol–water partition coefficient (Wildman–Crippen LogP) is 6.51. The fraction of sp³-hybridized carbons (Fsp3) is 0. The molecule has 2 nitrogen and oxygen atoms in total. The molecule has 0 fully saturated rings. The molecular formula is C25H16N2.